The average molecular weight is 245 g/mol. The van der Waals surface area contributed by atoms with Crippen LogP contribution >= 0.6 is 0 Å². The van der Waals surface area contributed by atoms with Crippen LogP contribution in [0.1, 0.15) is 12.5 Å². The van der Waals surface area contributed by atoms with E-state index >= 15 is 0 Å². The standard InChI is InChI=1S/C14H19N3O/c1-4-15-8-11-7-13(18-3)5-6-14(11)12-9-16-17(2)10-12/h5-7,9-10,15H,4,8H2,1-3H3. The van der Waals surface area contributed by atoms with E-state index in [1.807, 2.05) is 30.2 Å². The molecule has 0 aliphatic carbocycles. The molecule has 0 fully saturated rings. The van der Waals surface area contributed by atoms with Gasteiger partial charge in [0.25, 0.3) is 0 Å². The maximum Gasteiger partial charge on any atom is 0.119 e. The quantitative estimate of drug-likeness (QED) is 0.877. The van der Waals surface area contributed by atoms with E-state index in [4.69, 9.17) is 4.74 Å². The molecule has 1 N–H and O–H groups in total. The summed E-state index contributed by atoms with van der Waals surface area (Å²) in [5, 5.41) is 7.57. The van der Waals surface area contributed by atoms with E-state index in [0.717, 1.165) is 24.4 Å². The first-order valence-electron chi connectivity index (χ1n) is 6.11. The van der Waals surface area contributed by atoms with Crippen molar-refractivity contribution in [2.75, 3.05) is 13.7 Å². The molecule has 1 heterocycles. The van der Waals surface area contributed by atoms with Gasteiger partial charge in [0, 0.05) is 25.4 Å². The molecule has 1 aromatic heterocycles. The summed E-state index contributed by atoms with van der Waals surface area (Å²) in [5.74, 6) is 0.885. The zero-order valence-corrected chi connectivity index (χ0v) is 11.1. The van der Waals surface area contributed by atoms with E-state index < -0.39 is 0 Å². The molecular weight excluding hydrogens is 226 g/mol. The average Bonchev–Trinajstić information content (AvgIpc) is 2.82. The second-order valence-corrected chi connectivity index (χ2v) is 4.21. The number of hydrogen-bond acceptors (Lipinski definition) is 3. The van der Waals surface area contributed by atoms with Gasteiger partial charge in [-0.15, -0.1) is 0 Å². The Hall–Kier alpha value is -1.81. The maximum atomic E-state index is 5.28. The minimum absolute atomic E-state index is 0.831. The maximum absolute atomic E-state index is 5.28. The third kappa shape index (κ3) is 2.71. The van der Waals surface area contributed by atoms with Gasteiger partial charge in [-0.05, 0) is 29.8 Å². The van der Waals surface area contributed by atoms with Gasteiger partial charge in [-0.2, -0.15) is 5.10 Å². The van der Waals surface area contributed by atoms with Crippen molar-refractivity contribution in [3.63, 3.8) is 0 Å². The summed E-state index contributed by atoms with van der Waals surface area (Å²) in [7, 11) is 3.62. The molecule has 0 unspecified atom stereocenters. The molecule has 4 nitrogen and oxygen atoms in total. The van der Waals surface area contributed by atoms with E-state index in [1.54, 1.807) is 7.11 Å². The second kappa shape index (κ2) is 5.69. The number of benzene rings is 1. The van der Waals surface area contributed by atoms with Crippen LogP contribution in [0.4, 0.5) is 0 Å². The Balaban J connectivity index is 2.38. The van der Waals surface area contributed by atoms with Crippen LogP contribution in [0.25, 0.3) is 11.1 Å². The molecule has 0 aliphatic heterocycles. The van der Waals surface area contributed by atoms with Crippen LogP contribution in [-0.2, 0) is 13.6 Å². The molecule has 96 valence electrons. The Morgan fingerprint density at radius 2 is 2.22 bits per heavy atom. The molecular formula is C14H19N3O. The lowest BCUT2D eigenvalue weighted by atomic mass is 10.0. The molecule has 18 heavy (non-hydrogen) atoms. The molecule has 0 bridgehead atoms. The van der Waals surface area contributed by atoms with Gasteiger partial charge in [-0.3, -0.25) is 4.68 Å². The zero-order valence-electron chi connectivity index (χ0n) is 11.1. The summed E-state index contributed by atoms with van der Waals surface area (Å²) < 4.78 is 7.10. The molecule has 0 saturated heterocycles. The lowest BCUT2D eigenvalue weighted by Crippen LogP contribution is -2.12. The zero-order chi connectivity index (χ0) is 13.0. The van der Waals surface area contributed by atoms with E-state index in [1.165, 1.54) is 11.1 Å². The van der Waals surface area contributed by atoms with Crippen molar-refractivity contribution in [2.24, 2.45) is 7.05 Å². The summed E-state index contributed by atoms with van der Waals surface area (Å²) in [6, 6.07) is 6.14. The largest absolute Gasteiger partial charge is 0.497 e. The fourth-order valence-corrected chi connectivity index (χ4v) is 1.94. The van der Waals surface area contributed by atoms with Gasteiger partial charge < -0.3 is 10.1 Å². The van der Waals surface area contributed by atoms with Gasteiger partial charge in [0.05, 0.1) is 13.3 Å². The highest BCUT2D eigenvalue weighted by Gasteiger charge is 2.08. The number of nitrogens with zero attached hydrogens (tertiary/aromatic N) is 2. The monoisotopic (exact) mass is 245 g/mol. The topological polar surface area (TPSA) is 39.1 Å². The van der Waals surface area contributed by atoms with Crippen molar-refractivity contribution >= 4 is 0 Å². The molecule has 4 heteroatoms. The summed E-state index contributed by atoms with van der Waals surface area (Å²) in [4.78, 5) is 0. The van der Waals surface area contributed by atoms with Crippen LogP contribution in [0.15, 0.2) is 30.6 Å². The van der Waals surface area contributed by atoms with E-state index in [9.17, 15) is 0 Å². The van der Waals surface area contributed by atoms with Crippen LogP contribution in [0.3, 0.4) is 0 Å². The van der Waals surface area contributed by atoms with E-state index in [0.29, 0.717) is 0 Å². The summed E-state index contributed by atoms with van der Waals surface area (Å²) >= 11 is 0. The predicted molar refractivity (Wildman–Crippen MR) is 72.6 cm³/mol. The molecule has 0 saturated carbocycles. The lowest BCUT2D eigenvalue weighted by molar-refractivity contribution is 0.414. The minimum Gasteiger partial charge on any atom is -0.497 e. The summed E-state index contributed by atoms with van der Waals surface area (Å²) in [6.07, 6.45) is 3.91. The first kappa shape index (κ1) is 12.6. The number of rotatable bonds is 5. The Labute approximate surface area is 108 Å². The van der Waals surface area contributed by atoms with Crippen molar-refractivity contribution < 1.29 is 4.74 Å². The van der Waals surface area contributed by atoms with Crippen LogP contribution in [0, 0.1) is 0 Å². The normalized spacial score (nSPS) is 10.6. The Morgan fingerprint density at radius 3 is 2.83 bits per heavy atom. The van der Waals surface area contributed by atoms with Crippen molar-refractivity contribution in [1.29, 1.82) is 0 Å². The van der Waals surface area contributed by atoms with Crippen molar-refractivity contribution in [2.45, 2.75) is 13.5 Å². The number of methoxy groups -OCH3 is 1. The Morgan fingerprint density at radius 1 is 1.39 bits per heavy atom. The van der Waals surface area contributed by atoms with E-state index in [2.05, 4.69) is 29.5 Å². The van der Waals surface area contributed by atoms with Gasteiger partial charge in [0.2, 0.25) is 0 Å². The second-order valence-electron chi connectivity index (χ2n) is 4.21. The first-order valence-corrected chi connectivity index (χ1v) is 6.11. The van der Waals surface area contributed by atoms with Crippen LogP contribution in [-0.4, -0.2) is 23.4 Å². The van der Waals surface area contributed by atoms with Crippen LogP contribution in [0.5, 0.6) is 5.75 Å². The molecule has 2 rings (SSSR count). The third-order valence-electron chi connectivity index (χ3n) is 2.89. The van der Waals surface area contributed by atoms with E-state index in [-0.39, 0.29) is 0 Å². The number of ether oxygens (including phenoxy) is 1. The SMILES string of the molecule is CCNCc1cc(OC)ccc1-c1cnn(C)c1. The smallest absolute Gasteiger partial charge is 0.119 e. The van der Waals surface area contributed by atoms with Gasteiger partial charge in [-0.1, -0.05) is 13.0 Å². The molecule has 0 atom stereocenters. The molecule has 2 aromatic rings. The molecule has 0 amide bonds. The van der Waals surface area contributed by atoms with Crippen molar-refractivity contribution in [3.05, 3.63) is 36.2 Å². The number of aromatic nitrogens is 2. The minimum atomic E-state index is 0.831. The predicted octanol–water partition coefficient (Wildman–Crippen LogP) is 2.21. The van der Waals surface area contributed by atoms with Gasteiger partial charge in [0.15, 0.2) is 0 Å². The number of hydrogen-bond donors (Lipinski definition) is 1. The third-order valence-corrected chi connectivity index (χ3v) is 2.89. The van der Waals surface area contributed by atoms with Crippen molar-refractivity contribution in [3.8, 4) is 16.9 Å². The fourth-order valence-electron chi connectivity index (χ4n) is 1.94. The highest BCUT2D eigenvalue weighted by molar-refractivity contribution is 5.67. The summed E-state index contributed by atoms with van der Waals surface area (Å²) in [5.41, 5.74) is 3.56. The van der Waals surface area contributed by atoms with Crippen LogP contribution < -0.4 is 10.1 Å². The van der Waals surface area contributed by atoms with Gasteiger partial charge in [0.1, 0.15) is 5.75 Å². The highest BCUT2D eigenvalue weighted by atomic mass is 16.5. The van der Waals surface area contributed by atoms with Crippen molar-refractivity contribution in [1.82, 2.24) is 15.1 Å². The van der Waals surface area contributed by atoms with Gasteiger partial charge >= 0.3 is 0 Å². The molecule has 0 aliphatic rings. The lowest BCUT2D eigenvalue weighted by Gasteiger charge is -2.10. The highest BCUT2D eigenvalue weighted by Crippen LogP contribution is 2.27. The number of nitrogens with one attached hydrogen (secondary N) is 1. The number of aryl methyl sites for hydroxylation is 1. The fraction of sp³-hybridized carbons (Fsp3) is 0.357. The first-order chi connectivity index (χ1) is 8.74. The molecule has 0 spiro atoms. The molecule has 1 aromatic carbocycles. The Bertz CT molecular complexity index is 520. The van der Waals surface area contributed by atoms with Gasteiger partial charge in [-0.25, -0.2) is 0 Å². The Kier molecular flexibility index (Phi) is 3.99. The molecule has 0 radical (unpaired) electrons. The summed E-state index contributed by atoms with van der Waals surface area (Å²) in [6.45, 7) is 3.88. The van der Waals surface area contributed by atoms with Crippen LogP contribution in [0.2, 0.25) is 0 Å².